The maximum absolute atomic E-state index is 12.0. The monoisotopic (exact) mass is 279 g/mol. The molecule has 0 amide bonds. The topological polar surface area (TPSA) is 59.3 Å². The van der Waals surface area contributed by atoms with E-state index in [1.807, 2.05) is 0 Å². The van der Waals surface area contributed by atoms with Crippen molar-refractivity contribution < 1.29 is 9.90 Å². The predicted molar refractivity (Wildman–Crippen MR) is 80.5 cm³/mol. The molecule has 0 unspecified atom stereocenters. The maximum Gasteiger partial charge on any atom is 0.337 e. The average molecular weight is 279 g/mol. The molecule has 1 aromatic heterocycles. The molecule has 1 heterocycles. The third-order valence-corrected chi connectivity index (χ3v) is 3.72. The van der Waals surface area contributed by atoms with Gasteiger partial charge in [0, 0.05) is 18.3 Å². The van der Waals surface area contributed by atoms with Crippen molar-refractivity contribution in [3.05, 3.63) is 33.2 Å². The molecule has 0 aliphatic carbocycles. The van der Waals surface area contributed by atoms with Crippen molar-refractivity contribution in [1.82, 2.24) is 4.57 Å². The highest BCUT2D eigenvalue weighted by molar-refractivity contribution is 5.90. The third-order valence-electron chi connectivity index (χ3n) is 3.72. The fourth-order valence-corrected chi connectivity index (χ4v) is 2.57. The van der Waals surface area contributed by atoms with Gasteiger partial charge < -0.3 is 9.67 Å². The van der Waals surface area contributed by atoms with Crippen LogP contribution in [0.3, 0.4) is 0 Å². The number of nitrogens with zero attached hydrogens (tertiary/aromatic N) is 1. The first-order chi connectivity index (χ1) is 9.49. The molecule has 4 nitrogen and oxygen atoms in total. The second kappa shape index (κ2) is 7.88. The minimum absolute atomic E-state index is 0.0986. The molecule has 20 heavy (non-hydrogen) atoms. The molecule has 112 valence electrons. The number of rotatable bonds is 8. The molecule has 0 atom stereocenters. The SMILES string of the molecule is CCCCCCCCn1c(C)c(C(=O)O)c(C)cc1=O. The lowest BCUT2D eigenvalue weighted by molar-refractivity contribution is 0.0694. The third kappa shape index (κ3) is 4.22. The fourth-order valence-electron chi connectivity index (χ4n) is 2.57. The van der Waals surface area contributed by atoms with Crippen LogP contribution in [0.5, 0.6) is 0 Å². The first kappa shape index (κ1) is 16.5. The fraction of sp³-hybridized carbons (Fsp3) is 0.625. The minimum Gasteiger partial charge on any atom is -0.478 e. The van der Waals surface area contributed by atoms with Crippen molar-refractivity contribution in [1.29, 1.82) is 0 Å². The van der Waals surface area contributed by atoms with Crippen molar-refractivity contribution >= 4 is 5.97 Å². The van der Waals surface area contributed by atoms with Crippen molar-refractivity contribution in [2.24, 2.45) is 0 Å². The summed E-state index contributed by atoms with van der Waals surface area (Å²) in [5.74, 6) is -0.961. The highest BCUT2D eigenvalue weighted by Gasteiger charge is 2.15. The Morgan fingerprint density at radius 1 is 1.15 bits per heavy atom. The Morgan fingerprint density at radius 2 is 1.75 bits per heavy atom. The number of hydrogen-bond donors (Lipinski definition) is 1. The summed E-state index contributed by atoms with van der Waals surface area (Å²) in [6.07, 6.45) is 6.90. The average Bonchev–Trinajstić information content (AvgIpc) is 2.35. The van der Waals surface area contributed by atoms with Crippen LogP contribution >= 0.6 is 0 Å². The van der Waals surface area contributed by atoms with E-state index in [0.717, 1.165) is 12.8 Å². The molecule has 1 rings (SSSR count). The van der Waals surface area contributed by atoms with E-state index in [1.165, 1.54) is 31.7 Å². The number of aromatic nitrogens is 1. The van der Waals surface area contributed by atoms with Crippen LogP contribution in [0.4, 0.5) is 0 Å². The van der Waals surface area contributed by atoms with E-state index in [-0.39, 0.29) is 11.1 Å². The molecule has 0 aliphatic rings. The highest BCUT2D eigenvalue weighted by Crippen LogP contribution is 2.13. The summed E-state index contributed by atoms with van der Waals surface area (Å²) < 4.78 is 1.59. The van der Waals surface area contributed by atoms with Crippen molar-refractivity contribution in [3.8, 4) is 0 Å². The van der Waals surface area contributed by atoms with Crippen LogP contribution in [0.2, 0.25) is 0 Å². The summed E-state index contributed by atoms with van der Waals surface area (Å²) in [6, 6.07) is 1.42. The van der Waals surface area contributed by atoms with Gasteiger partial charge in [0.15, 0.2) is 0 Å². The van der Waals surface area contributed by atoms with E-state index in [2.05, 4.69) is 6.92 Å². The lowest BCUT2D eigenvalue weighted by atomic mass is 10.1. The van der Waals surface area contributed by atoms with Crippen LogP contribution in [-0.4, -0.2) is 15.6 Å². The summed E-state index contributed by atoms with van der Waals surface area (Å²) in [6.45, 7) is 6.18. The largest absolute Gasteiger partial charge is 0.478 e. The molecule has 0 saturated heterocycles. The van der Waals surface area contributed by atoms with Crippen LogP contribution < -0.4 is 5.56 Å². The molecule has 0 bridgehead atoms. The normalized spacial score (nSPS) is 10.8. The quantitative estimate of drug-likeness (QED) is 0.741. The molecule has 0 saturated carbocycles. The van der Waals surface area contributed by atoms with E-state index in [4.69, 9.17) is 0 Å². The second-order valence-electron chi connectivity index (χ2n) is 5.35. The summed E-state index contributed by atoms with van der Waals surface area (Å²) in [5, 5.41) is 9.22. The van der Waals surface area contributed by atoms with E-state index < -0.39 is 5.97 Å². The molecule has 4 heteroatoms. The van der Waals surface area contributed by atoms with Crippen molar-refractivity contribution in [2.75, 3.05) is 0 Å². The van der Waals surface area contributed by atoms with Gasteiger partial charge in [-0.1, -0.05) is 39.0 Å². The highest BCUT2D eigenvalue weighted by atomic mass is 16.4. The van der Waals surface area contributed by atoms with Gasteiger partial charge in [-0.3, -0.25) is 4.79 Å². The van der Waals surface area contributed by atoms with Gasteiger partial charge in [0.1, 0.15) is 0 Å². The zero-order chi connectivity index (χ0) is 15.1. The maximum atomic E-state index is 12.0. The Labute approximate surface area is 120 Å². The smallest absolute Gasteiger partial charge is 0.337 e. The Kier molecular flexibility index (Phi) is 6.49. The molecule has 0 aromatic carbocycles. The Hall–Kier alpha value is -1.58. The predicted octanol–water partition coefficient (Wildman–Crippen LogP) is 3.52. The van der Waals surface area contributed by atoms with E-state index >= 15 is 0 Å². The van der Waals surface area contributed by atoms with Gasteiger partial charge in [-0.15, -0.1) is 0 Å². The standard InChI is InChI=1S/C16H25NO3/c1-4-5-6-7-8-9-10-17-13(3)15(16(19)20)12(2)11-14(17)18/h11H,4-10H2,1-3H3,(H,19,20). The lowest BCUT2D eigenvalue weighted by Gasteiger charge is -2.13. The number of pyridine rings is 1. The number of aromatic carboxylic acids is 1. The van der Waals surface area contributed by atoms with E-state index in [0.29, 0.717) is 17.8 Å². The summed E-state index contributed by atoms with van der Waals surface area (Å²) >= 11 is 0. The van der Waals surface area contributed by atoms with Crippen LogP contribution in [0, 0.1) is 13.8 Å². The van der Waals surface area contributed by atoms with E-state index in [9.17, 15) is 14.7 Å². The van der Waals surface area contributed by atoms with Gasteiger partial charge in [0.25, 0.3) is 5.56 Å². The van der Waals surface area contributed by atoms with Gasteiger partial charge in [-0.05, 0) is 25.8 Å². The molecule has 0 spiro atoms. The van der Waals surface area contributed by atoms with Gasteiger partial charge in [-0.2, -0.15) is 0 Å². The number of hydrogen-bond acceptors (Lipinski definition) is 2. The molecule has 0 fully saturated rings. The lowest BCUT2D eigenvalue weighted by Crippen LogP contribution is -2.25. The Balaban J connectivity index is 2.73. The molecule has 1 N–H and O–H groups in total. The zero-order valence-electron chi connectivity index (χ0n) is 12.7. The molecular formula is C16H25NO3. The number of aryl methyl sites for hydroxylation is 1. The van der Waals surface area contributed by atoms with Gasteiger partial charge >= 0.3 is 5.97 Å². The Bertz CT molecular complexity index is 517. The molecular weight excluding hydrogens is 254 g/mol. The summed E-state index contributed by atoms with van der Waals surface area (Å²) in [7, 11) is 0. The molecule has 1 aromatic rings. The number of carboxylic acid groups (broad SMARTS) is 1. The van der Waals surface area contributed by atoms with Crippen LogP contribution in [-0.2, 0) is 6.54 Å². The molecule has 0 radical (unpaired) electrons. The van der Waals surface area contributed by atoms with Crippen molar-refractivity contribution in [3.63, 3.8) is 0 Å². The minimum atomic E-state index is -0.961. The van der Waals surface area contributed by atoms with Crippen LogP contribution in [0.25, 0.3) is 0 Å². The van der Waals surface area contributed by atoms with Crippen molar-refractivity contribution in [2.45, 2.75) is 65.8 Å². The zero-order valence-corrected chi connectivity index (χ0v) is 12.7. The van der Waals surface area contributed by atoms with Crippen LogP contribution in [0.15, 0.2) is 10.9 Å². The first-order valence-electron chi connectivity index (χ1n) is 7.43. The summed E-state index contributed by atoms with van der Waals surface area (Å²) in [5.41, 5.74) is 1.27. The Morgan fingerprint density at radius 3 is 2.35 bits per heavy atom. The van der Waals surface area contributed by atoms with E-state index in [1.54, 1.807) is 18.4 Å². The second-order valence-corrected chi connectivity index (χ2v) is 5.35. The number of carbonyl (C=O) groups is 1. The van der Waals surface area contributed by atoms with Gasteiger partial charge in [0.05, 0.1) is 5.56 Å². The number of unbranched alkanes of at least 4 members (excludes halogenated alkanes) is 5. The molecule has 0 aliphatic heterocycles. The first-order valence-corrected chi connectivity index (χ1v) is 7.43. The van der Waals surface area contributed by atoms with Gasteiger partial charge in [0.2, 0.25) is 0 Å². The van der Waals surface area contributed by atoms with Gasteiger partial charge in [-0.25, -0.2) is 4.79 Å². The van der Waals surface area contributed by atoms with Crippen LogP contribution in [0.1, 0.15) is 67.1 Å². The summed E-state index contributed by atoms with van der Waals surface area (Å²) in [4.78, 5) is 23.2. The number of carboxylic acids is 1.